The van der Waals surface area contributed by atoms with Crippen molar-refractivity contribution in [1.82, 2.24) is 4.90 Å². The van der Waals surface area contributed by atoms with Crippen molar-refractivity contribution in [3.8, 4) is 0 Å². The number of hydrogen-bond acceptors (Lipinski definition) is 2. The molecule has 0 saturated heterocycles. The van der Waals surface area contributed by atoms with Crippen LogP contribution in [-0.2, 0) is 11.3 Å². The van der Waals surface area contributed by atoms with Crippen LogP contribution in [0.25, 0.3) is 0 Å². The van der Waals surface area contributed by atoms with Gasteiger partial charge in [0.15, 0.2) is 0 Å². The van der Waals surface area contributed by atoms with Crippen molar-refractivity contribution in [2.24, 2.45) is 0 Å². The Hall–Kier alpha value is -1.49. The molecular weight excluding hydrogens is 252 g/mol. The molecule has 1 rings (SSSR count). The SMILES string of the molecule is CC(C)(C)N(CCC(=O)O)Cc1ccc(F)cc1F. The standard InChI is InChI=1S/C14H19F2NO2/c1-14(2,3)17(7-6-13(18)19)9-10-4-5-11(15)8-12(10)16/h4-5,8H,6-7,9H2,1-3H3,(H,18,19). The van der Waals surface area contributed by atoms with Crippen LogP contribution in [0.3, 0.4) is 0 Å². The Morgan fingerprint density at radius 3 is 2.42 bits per heavy atom. The van der Waals surface area contributed by atoms with Gasteiger partial charge in [-0.1, -0.05) is 6.07 Å². The van der Waals surface area contributed by atoms with Gasteiger partial charge in [-0.15, -0.1) is 0 Å². The van der Waals surface area contributed by atoms with Crippen LogP contribution in [0.4, 0.5) is 8.78 Å². The minimum absolute atomic E-state index is 0.0138. The normalized spacial score (nSPS) is 11.9. The Morgan fingerprint density at radius 2 is 1.95 bits per heavy atom. The first-order chi connectivity index (χ1) is 8.70. The molecule has 5 heteroatoms. The second kappa shape index (κ2) is 6.10. The van der Waals surface area contributed by atoms with Crippen molar-refractivity contribution >= 4 is 5.97 Å². The van der Waals surface area contributed by atoms with Gasteiger partial charge in [-0.25, -0.2) is 8.78 Å². The predicted octanol–water partition coefficient (Wildman–Crippen LogP) is 3.04. The zero-order chi connectivity index (χ0) is 14.6. The number of carbonyl (C=O) groups is 1. The molecule has 19 heavy (non-hydrogen) atoms. The molecule has 3 nitrogen and oxygen atoms in total. The predicted molar refractivity (Wildman–Crippen MR) is 68.8 cm³/mol. The minimum Gasteiger partial charge on any atom is -0.481 e. The summed E-state index contributed by atoms with van der Waals surface area (Å²) in [6, 6.07) is 3.44. The summed E-state index contributed by atoms with van der Waals surface area (Å²) in [5.74, 6) is -2.12. The van der Waals surface area contributed by atoms with E-state index in [0.29, 0.717) is 12.1 Å². The third-order valence-electron chi connectivity index (χ3n) is 2.92. The highest BCUT2D eigenvalue weighted by Crippen LogP contribution is 2.19. The summed E-state index contributed by atoms with van der Waals surface area (Å²) < 4.78 is 26.5. The summed E-state index contributed by atoms with van der Waals surface area (Å²) in [5, 5.41) is 8.73. The number of aliphatic carboxylic acids is 1. The van der Waals surface area contributed by atoms with Crippen LogP contribution in [0.1, 0.15) is 32.8 Å². The van der Waals surface area contributed by atoms with E-state index in [2.05, 4.69) is 0 Å². The quantitative estimate of drug-likeness (QED) is 0.894. The van der Waals surface area contributed by atoms with Gasteiger partial charge in [0.2, 0.25) is 0 Å². The third kappa shape index (κ3) is 4.95. The van der Waals surface area contributed by atoms with Crippen LogP contribution in [0.5, 0.6) is 0 Å². The molecule has 0 amide bonds. The first-order valence-electron chi connectivity index (χ1n) is 6.11. The lowest BCUT2D eigenvalue weighted by atomic mass is 10.0. The molecule has 0 bridgehead atoms. The van der Waals surface area contributed by atoms with Gasteiger partial charge in [0.05, 0.1) is 6.42 Å². The Morgan fingerprint density at radius 1 is 1.32 bits per heavy atom. The number of carboxylic acids is 1. The highest BCUT2D eigenvalue weighted by molar-refractivity contribution is 5.66. The van der Waals surface area contributed by atoms with Crippen molar-refractivity contribution in [3.63, 3.8) is 0 Å². The second-order valence-electron chi connectivity index (χ2n) is 5.47. The molecular formula is C14H19F2NO2. The van der Waals surface area contributed by atoms with Crippen molar-refractivity contribution in [1.29, 1.82) is 0 Å². The van der Waals surface area contributed by atoms with Gasteiger partial charge < -0.3 is 5.11 Å². The van der Waals surface area contributed by atoms with Gasteiger partial charge in [0.25, 0.3) is 0 Å². The van der Waals surface area contributed by atoms with Gasteiger partial charge in [-0.3, -0.25) is 9.69 Å². The molecule has 0 aliphatic carbocycles. The molecule has 1 aromatic carbocycles. The highest BCUT2D eigenvalue weighted by Gasteiger charge is 2.23. The molecule has 0 spiro atoms. The largest absolute Gasteiger partial charge is 0.481 e. The lowest BCUT2D eigenvalue weighted by Crippen LogP contribution is -2.42. The second-order valence-corrected chi connectivity index (χ2v) is 5.47. The first-order valence-corrected chi connectivity index (χ1v) is 6.11. The van der Waals surface area contributed by atoms with Gasteiger partial charge in [-0.05, 0) is 26.8 Å². The Labute approximate surface area is 111 Å². The molecule has 0 heterocycles. The van der Waals surface area contributed by atoms with Crippen molar-refractivity contribution in [2.75, 3.05) is 6.54 Å². The van der Waals surface area contributed by atoms with Crippen LogP contribution in [0.2, 0.25) is 0 Å². The monoisotopic (exact) mass is 271 g/mol. The smallest absolute Gasteiger partial charge is 0.304 e. The van der Waals surface area contributed by atoms with Crippen LogP contribution < -0.4 is 0 Å². The highest BCUT2D eigenvalue weighted by atomic mass is 19.1. The molecule has 0 radical (unpaired) electrons. The van der Waals surface area contributed by atoms with Crippen LogP contribution in [0, 0.1) is 11.6 Å². The van der Waals surface area contributed by atoms with Crippen LogP contribution in [-0.4, -0.2) is 28.1 Å². The fraction of sp³-hybridized carbons (Fsp3) is 0.500. The van der Waals surface area contributed by atoms with E-state index in [9.17, 15) is 13.6 Å². The van der Waals surface area contributed by atoms with Gasteiger partial charge in [0.1, 0.15) is 11.6 Å². The van der Waals surface area contributed by atoms with Gasteiger partial charge >= 0.3 is 5.97 Å². The zero-order valence-corrected chi connectivity index (χ0v) is 11.4. The van der Waals surface area contributed by atoms with E-state index in [1.807, 2.05) is 25.7 Å². The summed E-state index contributed by atoms with van der Waals surface area (Å²) in [6.07, 6.45) is -0.0138. The molecule has 0 aliphatic heterocycles. The topological polar surface area (TPSA) is 40.5 Å². The number of benzene rings is 1. The van der Waals surface area contributed by atoms with E-state index in [4.69, 9.17) is 5.11 Å². The van der Waals surface area contributed by atoms with E-state index in [1.54, 1.807) is 0 Å². The number of hydrogen-bond donors (Lipinski definition) is 1. The maximum absolute atomic E-state index is 13.6. The summed E-state index contributed by atoms with van der Waals surface area (Å²) in [7, 11) is 0. The molecule has 0 aromatic heterocycles. The van der Waals surface area contributed by atoms with E-state index in [-0.39, 0.29) is 18.5 Å². The molecule has 0 unspecified atom stereocenters. The van der Waals surface area contributed by atoms with E-state index < -0.39 is 17.6 Å². The molecule has 1 N–H and O–H groups in total. The average molecular weight is 271 g/mol. The molecule has 106 valence electrons. The molecule has 0 atom stereocenters. The van der Waals surface area contributed by atoms with E-state index in [0.717, 1.165) is 6.07 Å². The number of rotatable bonds is 5. The average Bonchev–Trinajstić information content (AvgIpc) is 2.24. The summed E-state index contributed by atoms with van der Waals surface area (Å²) in [4.78, 5) is 12.5. The van der Waals surface area contributed by atoms with Crippen LogP contribution in [0.15, 0.2) is 18.2 Å². The van der Waals surface area contributed by atoms with Crippen molar-refractivity contribution in [2.45, 2.75) is 39.3 Å². The Bertz CT molecular complexity index is 455. The maximum atomic E-state index is 13.6. The number of halogens is 2. The van der Waals surface area contributed by atoms with Gasteiger partial charge in [0, 0.05) is 30.3 Å². The summed E-state index contributed by atoms with van der Waals surface area (Å²) in [6.45, 7) is 6.35. The van der Waals surface area contributed by atoms with Gasteiger partial charge in [-0.2, -0.15) is 0 Å². The zero-order valence-electron chi connectivity index (χ0n) is 11.4. The summed E-state index contributed by atoms with van der Waals surface area (Å²) >= 11 is 0. The Balaban J connectivity index is 2.85. The maximum Gasteiger partial charge on any atom is 0.304 e. The van der Waals surface area contributed by atoms with Crippen molar-refractivity contribution < 1.29 is 18.7 Å². The molecule has 0 aliphatic rings. The van der Waals surface area contributed by atoms with Crippen LogP contribution >= 0.6 is 0 Å². The lowest BCUT2D eigenvalue weighted by Gasteiger charge is -2.35. The number of nitrogens with zero attached hydrogens (tertiary/aromatic N) is 1. The van der Waals surface area contributed by atoms with E-state index in [1.165, 1.54) is 12.1 Å². The lowest BCUT2D eigenvalue weighted by molar-refractivity contribution is -0.137. The molecule has 0 saturated carbocycles. The minimum atomic E-state index is -0.895. The van der Waals surface area contributed by atoms with Crippen molar-refractivity contribution in [3.05, 3.63) is 35.4 Å². The molecule has 1 aromatic rings. The van der Waals surface area contributed by atoms with E-state index >= 15 is 0 Å². The first kappa shape index (κ1) is 15.6. The number of carboxylic acid groups (broad SMARTS) is 1. The fourth-order valence-corrected chi connectivity index (χ4v) is 1.74. The third-order valence-corrected chi connectivity index (χ3v) is 2.92. The fourth-order valence-electron chi connectivity index (χ4n) is 1.74. The molecule has 0 fully saturated rings. The summed E-state index contributed by atoms with van der Waals surface area (Å²) in [5.41, 5.74) is 0.0673. The Kier molecular flexibility index (Phi) is 5.00.